The van der Waals surface area contributed by atoms with E-state index >= 15 is 0 Å². The van der Waals surface area contributed by atoms with Crippen LogP contribution >= 0.6 is 0 Å². The second kappa shape index (κ2) is 9.22. The molecule has 2 aromatic rings. The maximum Gasteiger partial charge on any atom is 0.273 e. The summed E-state index contributed by atoms with van der Waals surface area (Å²) < 4.78 is 6.47. The molecule has 0 saturated carbocycles. The molecule has 0 radical (unpaired) electrons. The fourth-order valence-electron chi connectivity index (χ4n) is 3.00. The van der Waals surface area contributed by atoms with E-state index in [1.807, 2.05) is 25.1 Å². The average molecular weight is 417 g/mol. The van der Waals surface area contributed by atoms with Gasteiger partial charge in [-0.2, -0.15) is 0 Å². The van der Waals surface area contributed by atoms with E-state index in [-0.39, 0.29) is 22.7 Å². The molecule has 0 saturated heterocycles. The standard InChI is InChI=1S/C22H36N4O2Si/c1-8-14-24-21(27)20-18(23)17-11-9-10-16(19(17)25-26-20)13-12-15(2)28-29(6,7)22(3,4)5/h9-11,15H,8,12-14H2,1-7H3,(H2,23,25)(H,24,27). The summed E-state index contributed by atoms with van der Waals surface area (Å²) in [4.78, 5) is 12.3. The molecule has 1 aromatic carbocycles. The monoisotopic (exact) mass is 416 g/mol. The molecule has 0 aliphatic rings. The van der Waals surface area contributed by atoms with E-state index in [2.05, 4.69) is 56.3 Å². The SMILES string of the molecule is CCCNC(=O)c1nnc2c(CCC(C)O[Si](C)(C)C(C)(C)C)cccc2c1N. The smallest absolute Gasteiger partial charge is 0.273 e. The molecule has 3 N–H and O–H groups in total. The van der Waals surface area contributed by atoms with Crippen molar-refractivity contribution in [2.45, 2.75) is 78.1 Å². The van der Waals surface area contributed by atoms with Gasteiger partial charge in [-0.3, -0.25) is 4.79 Å². The van der Waals surface area contributed by atoms with Gasteiger partial charge in [-0.25, -0.2) is 0 Å². The molecule has 1 aromatic heterocycles. The first-order valence-electron chi connectivity index (χ1n) is 10.5. The maximum absolute atomic E-state index is 12.3. The normalized spacial score (nSPS) is 13.5. The molecule has 160 valence electrons. The molecule has 6 nitrogen and oxygen atoms in total. The summed E-state index contributed by atoms with van der Waals surface area (Å²) in [6.45, 7) is 16.0. The van der Waals surface area contributed by atoms with Gasteiger partial charge in [0.15, 0.2) is 14.0 Å². The number of hydrogen-bond acceptors (Lipinski definition) is 5. The van der Waals surface area contributed by atoms with Crippen molar-refractivity contribution in [2.75, 3.05) is 12.3 Å². The minimum Gasteiger partial charge on any atom is -0.414 e. The maximum atomic E-state index is 12.3. The van der Waals surface area contributed by atoms with E-state index in [9.17, 15) is 4.79 Å². The number of benzene rings is 1. The number of amides is 1. The van der Waals surface area contributed by atoms with Gasteiger partial charge in [0.2, 0.25) is 0 Å². The Morgan fingerprint density at radius 1 is 1.28 bits per heavy atom. The van der Waals surface area contributed by atoms with Gasteiger partial charge >= 0.3 is 0 Å². The Morgan fingerprint density at radius 3 is 2.59 bits per heavy atom. The Bertz CT molecular complexity index is 862. The second-order valence-corrected chi connectivity index (χ2v) is 14.0. The van der Waals surface area contributed by atoms with Gasteiger partial charge in [0.25, 0.3) is 5.91 Å². The number of nitrogens with two attached hydrogens (primary N) is 1. The predicted molar refractivity (Wildman–Crippen MR) is 123 cm³/mol. The van der Waals surface area contributed by atoms with Gasteiger partial charge in [-0.1, -0.05) is 45.9 Å². The van der Waals surface area contributed by atoms with Crippen molar-refractivity contribution in [1.82, 2.24) is 15.5 Å². The third-order valence-corrected chi connectivity index (χ3v) is 10.4. The fourth-order valence-corrected chi connectivity index (χ4v) is 4.47. The van der Waals surface area contributed by atoms with E-state index < -0.39 is 8.32 Å². The Balaban J connectivity index is 2.18. The number of nitrogens with one attached hydrogen (secondary N) is 1. The number of fused-ring (bicyclic) bond motifs is 1. The Kier molecular flexibility index (Phi) is 7.40. The number of aromatic nitrogens is 2. The van der Waals surface area contributed by atoms with Crippen LogP contribution in [0.5, 0.6) is 0 Å². The summed E-state index contributed by atoms with van der Waals surface area (Å²) in [7, 11) is -1.79. The summed E-state index contributed by atoms with van der Waals surface area (Å²) in [5.41, 5.74) is 8.68. The zero-order valence-electron chi connectivity index (χ0n) is 18.9. The van der Waals surface area contributed by atoms with Gasteiger partial charge in [0, 0.05) is 18.0 Å². The average Bonchev–Trinajstić information content (AvgIpc) is 2.63. The first-order valence-corrected chi connectivity index (χ1v) is 13.4. The molecule has 1 heterocycles. The van der Waals surface area contributed by atoms with Crippen molar-refractivity contribution in [3.63, 3.8) is 0 Å². The zero-order chi connectivity index (χ0) is 21.8. The van der Waals surface area contributed by atoms with Crippen LogP contribution < -0.4 is 11.1 Å². The first-order chi connectivity index (χ1) is 13.5. The Hall–Kier alpha value is -1.99. The van der Waals surface area contributed by atoms with E-state index in [1.165, 1.54) is 0 Å². The molecular formula is C22H36N4O2Si. The van der Waals surface area contributed by atoms with Crippen LogP contribution in [-0.2, 0) is 10.8 Å². The highest BCUT2D eigenvalue weighted by Gasteiger charge is 2.38. The lowest BCUT2D eigenvalue weighted by molar-refractivity contribution is 0.0949. The van der Waals surface area contributed by atoms with Gasteiger partial charge in [-0.05, 0) is 49.9 Å². The summed E-state index contributed by atoms with van der Waals surface area (Å²) in [6, 6.07) is 5.91. The second-order valence-electron chi connectivity index (χ2n) is 9.26. The molecule has 0 aliphatic heterocycles. The summed E-state index contributed by atoms with van der Waals surface area (Å²) in [5.74, 6) is -0.277. The van der Waals surface area contributed by atoms with Crippen LogP contribution in [0.15, 0.2) is 18.2 Å². The van der Waals surface area contributed by atoms with Crippen molar-refractivity contribution < 1.29 is 9.22 Å². The van der Waals surface area contributed by atoms with Crippen molar-refractivity contribution in [3.8, 4) is 0 Å². The van der Waals surface area contributed by atoms with Crippen LogP contribution in [-0.4, -0.2) is 37.1 Å². The number of rotatable bonds is 8. The van der Waals surface area contributed by atoms with Gasteiger partial charge in [-0.15, -0.1) is 10.2 Å². The van der Waals surface area contributed by atoms with Crippen LogP contribution in [0.25, 0.3) is 10.9 Å². The molecule has 1 atom stereocenters. The summed E-state index contributed by atoms with van der Waals surface area (Å²) >= 11 is 0. The first kappa shape index (κ1) is 23.3. The molecule has 0 aliphatic carbocycles. The Morgan fingerprint density at radius 2 is 1.97 bits per heavy atom. The highest BCUT2D eigenvalue weighted by Crippen LogP contribution is 2.37. The number of anilines is 1. The van der Waals surface area contributed by atoms with Crippen LogP contribution in [0, 0.1) is 0 Å². The van der Waals surface area contributed by atoms with Gasteiger partial charge in [0.05, 0.1) is 11.2 Å². The lowest BCUT2D eigenvalue weighted by atomic mass is 10.0. The van der Waals surface area contributed by atoms with Crippen molar-refractivity contribution >= 4 is 30.8 Å². The number of hydrogen-bond donors (Lipinski definition) is 2. The third kappa shape index (κ3) is 5.54. The van der Waals surface area contributed by atoms with Gasteiger partial charge < -0.3 is 15.5 Å². The quantitative estimate of drug-likeness (QED) is 0.609. The van der Waals surface area contributed by atoms with Crippen LogP contribution in [0.3, 0.4) is 0 Å². The van der Waals surface area contributed by atoms with E-state index in [0.29, 0.717) is 12.2 Å². The lowest BCUT2D eigenvalue weighted by Crippen LogP contribution is -2.43. The van der Waals surface area contributed by atoms with Gasteiger partial charge in [0.1, 0.15) is 0 Å². The van der Waals surface area contributed by atoms with Crippen molar-refractivity contribution in [2.24, 2.45) is 0 Å². The van der Waals surface area contributed by atoms with Crippen LogP contribution in [0.1, 0.15) is 63.5 Å². The largest absolute Gasteiger partial charge is 0.414 e. The number of carbonyl (C=O) groups is 1. The van der Waals surface area contributed by atoms with Crippen LogP contribution in [0.2, 0.25) is 18.1 Å². The molecule has 29 heavy (non-hydrogen) atoms. The molecule has 0 spiro atoms. The molecule has 1 amide bonds. The fraction of sp³-hybridized carbons (Fsp3) is 0.591. The van der Waals surface area contributed by atoms with Crippen molar-refractivity contribution in [3.05, 3.63) is 29.5 Å². The highest BCUT2D eigenvalue weighted by molar-refractivity contribution is 6.74. The molecular weight excluding hydrogens is 380 g/mol. The summed E-state index contributed by atoms with van der Waals surface area (Å²) in [5, 5.41) is 12.2. The third-order valence-electron chi connectivity index (χ3n) is 5.79. The van der Waals surface area contributed by atoms with E-state index in [0.717, 1.165) is 35.7 Å². The number of nitrogens with zero attached hydrogens (tertiary/aromatic N) is 2. The predicted octanol–water partition coefficient (Wildman–Crippen LogP) is 4.69. The van der Waals surface area contributed by atoms with Crippen LogP contribution in [0.4, 0.5) is 5.69 Å². The van der Waals surface area contributed by atoms with Crippen molar-refractivity contribution in [1.29, 1.82) is 0 Å². The number of aryl methyl sites for hydroxylation is 1. The molecule has 7 heteroatoms. The van der Waals surface area contributed by atoms with E-state index in [4.69, 9.17) is 10.2 Å². The minimum absolute atomic E-state index is 0.163. The number of carbonyl (C=O) groups excluding carboxylic acids is 1. The zero-order valence-corrected chi connectivity index (χ0v) is 19.9. The molecule has 2 rings (SSSR count). The molecule has 1 unspecified atom stereocenters. The molecule has 0 bridgehead atoms. The highest BCUT2D eigenvalue weighted by atomic mass is 28.4. The van der Waals surface area contributed by atoms with E-state index in [1.54, 1.807) is 0 Å². The molecule has 0 fully saturated rings. The lowest BCUT2D eigenvalue weighted by Gasteiger charge is -2.38. The summed E-state index contributed by atoms with van der Waals surface area (Å²) in [6.07, 6.45) is 2.73. The number of nitrogen functional groups attached to an aromatic ring is 1. The topological polar surface area (TPSA) is 90.1 Å². The minimum atomic E-state index is -1.79. The Labute approximate surface area is 175 Å².